The van der Waals surface area contributed by atoms with Crippen LogP contribution in [-0.2, 0) is 11.3 Å². The van der Waals surface area contributed by atoms with Crippen LogP contribution in [0.3, 0.4) is 0 Å². The van der Waals surface area contributed by atoms with E-state index in [1.165, 1.54) is 11.1 Å². The molecule has 1 aliphatic rings. The van der Waals surface area contributed by atoms with E-state index >= 15 is 0 Å². The number of carbonyl (C=O) groups excluding carboxylic acids is 1. The molecule has 3 nitrogen and oxygen atoms in total. The third kappa shape index (κ3) is 2.66. The van der Waals surface area contributed by atoms with Crippen molar-refractivity contribution in [2.45, 2.75) is 45.7 Å². The molecule has 0 bridgehead atoms. The van der Waals surface area contributed by atoms with Gasteiger partial charge >= 0.3 is 0 Å². The Kier molecular flexibility index (Phi) is 3.95. The van der Waals surface area contributed by atoms with Crippen molar-refractivity contribution in [1.29, 1.82) is 0 Å². The minimum Gasteiger partial charge on any atom is -0.341 e. The molecule has 1 aliphatic carbocycles. The van der Waals surface area contributed by atoms with E-state index < -0.39 is 0 Å². The van der Waals surface area contributed by atoms with Gasteiger partial charge < -0.3 is 10.6 Å². The molecule has 1 aromatic rings. The summed E-state index contributed by atoms with van der Waals surface area (Å²) in [6.45, 7) is 4.76. The number of nitrogens with zero attached hydrogens (tertiary/aromatic N) is 1. The number of hydrogen-bond donors (Lipinski definition) is 1. The van der Waals surface area contributed by atoms with Crippen LogP contribution in [0.2, 0.25) is 0 Å². The molecule has 0 heterocycles. The molecule has 104 valence electrons. The molecule has 0 saturated heterocycles. The molecule has 1 fully saturated rings. The Labute approximate surface area is 115 Å². The number of amides is 1. The van der Waals surface area contributed by atoms with Crippen molar-refractivity contribution in [3.63, 3.8) is 0 Å². The van der Waals surface area contributed by atoms with Gasteiger partial charge in [0, 0.05) is 19.6 Å². The van der Waals surface area contributed by atoms with Gasteiger partial charge in [-0.25, -0.2) is 0 Å². The summed E-state index contributed by atoms with van der Waals surface area (Å²) in [5.41, 5.74) is 8.18. The quantitative estimate of drug-likeness (QED) is 0.907. The lowest BCUT2D eigenvalue weighted by atomic mass is 9.83. The van der Waals surface area contributed by atoms with Crippen LogP contribution >= 0.6 is 0 Å². The van der Waals surface area contributed by atoms with Crippen LogP contribution in [-0.4, -0.2) is 23.9 Å². The lowest BCUT2D eigenvalue weighted by Crippen LogP contribution is -2.47. The summed E-state index contributed by atoms with van der Waals surface area (Å²) in [7, 11) is 1.88. The smallest absolute Gasteiger partial charge is 0.230 e. The van der Waals surface area contributed by atoms with Crippen molar-refractivity contribution in [2.24, 2.45) is 11.1 Å². The van der Waals surface area contributed by atoms with Gasteiger partial charge in [0.2, 0.25) is 5.91 Å². The normalized spacial score (nSPS) is 26.4. The van der Waals surface area contributed by atoms with Gasteiger partial charge in [0.25, 0.3) is 0 Å². The van der Waals surface area contributed by atoms with E-state index in [0.29, 0.717) is 6.54 Å². The van der Waals surface area contributed by atoms with Crippen LogP contribution in [0.25, 0.3) is 0 Å². The third-order valence-electron chi connectivity index (χ3n) is 4.53. The van der Waals surface area contributed by atoms with E-state index in [2.05, 4.69) is 19.1 Å². The summed E-state index contributed by atoms with van der Waals surface area (Å²) >= 11 is 0. The lowest BCUT2D eigenvalue weighted by Gasteiger charge is -2.32. The summed E-state index contributed by atoms with van der Waals surface area (Å²) < 4.78 is 0. The lowest BCUT2D eigenvalue weighted by molar-refractivity contribution is -0.140. The number of benzene rings is 1. The molecule has 2 unspecified atom stereocenters. The second-order valence-corrected chi connectivity index (χ2v) is 6.00. The van der Waals surface area contributed by atoms with Gasteiger partial charge in [-0.3, -0.25) is 4.79 Å². The van der Waals surface area contributed by atoms with Crippen molar-refractivity contribution < 1.29 is 4.79 Å². The molecular formula is C16H24N2O. The Morgan fingerprint density at radius 2 is 2.16 bits per heavy atom. The summed E-state index contributed by atoms with van der Waals surface area (Å²) in [6, 6.07) is 8.20. The molecule has 0 aliphatic heterocycles. The summed E-state index contributed by atoms with van der Waals surface area (Å²) in [6.07, 6.45) is 2.92. The first kappa shape index (κ1) is 14.1. The zero-order valence-electron chi connectivity index (χ0n) is 12.1. The highest BCUT2D eigenvalue weighted by Crippen LogP contribution is 2.38. The maximum atomic E-state index is 12.6. The Morgan fingerprint density at radius 3 is 2.74 bits per heavy atom. The molecule has 3 heteroatoms. The third-order valence-corrected chi connectivity index (χ3v) is 4.53. The largest absolute Gasteiger partial charge is 0.341 e. The number of nitrogens with two attached hydrogens (primary N) is 1. The average molecular weight is 260 g/mol. The minimum absolute atomic E-state index is 0.000629. The van der Waals surface area contributed by atoms with Crippen molar-refractivity contribution in [1.82, 2.24) is 4.90 Å². The minimum atomic E-state index is -0.378. The second kappa shape index (κ2) is 5.33. The summed E-state index contributed by atoms with van der Waals surface area (Å²) in [4.78, 5) is 14.5. The van der Waals surface area contributed by atoms with E-state index in [4.69, 9.17) is 5.73 Å². The Bertz CT molecular complexity index is 472. The van der Waals surface area contributed by atoms with Crippen molar-refractivity contribution in [3.05, 3.63) is 35.4 Å². The van der Waals surface area contributed by atoms with E-state index in [1.807, 2.05) is 31.0 Å². The van der Waals surface area contributed by atoms with Gasteiger partial charge in [-0.2, -0.15) is 0 Å². The number of rotatable bonds is 3. The highest BCUT2D eigenvalue weighted by atomic mass is 16.2. The number of carbonyl (C=O) groups is 1. The van der Waals surface area contributed by atoms with Crippen LogP contribution in [0.15, 0.2) is 24.3 Å². The first-order chi connectivity index (χ1) is 8.95. The van der Waals surface area contributed by atoms with Gasteiger partial charge in [-0.05, 0) is 37.8 Å². The molecule has 1 aromatic carbocycles. The van der Waals surface area contributed by atoms with Crippen molar-refractivity contribution in [2.75, 3.05) is 7.05 Å². The highest BCUT2D eigenvalue weighted by molar-refractivity contribution is 5.83. The molecule has 0 aromatic heterocycles. The molecule has 0 radical (unpaired) electrons. The first-order valence-corrected chi connectivity index (χ1v) is 7.01. The van der Waals surface area contributed by atoms with Gasteiger partial charge in [-0.15, -0.1) is 0 Å². The SMILES string of the molecule is Cc1ccccc1CN(C)C(=O)C1(C)CCCC1N. The maximum Gasteiger partial charge on any atom is 0.230 e. The molecule has 2 atom stereocenters. The first-order valence-electron chi connectivity index (χ1n) is 7.01. The second-order valence-electron chi connectivity index (χ2n) is 6.00. The van der Waals surface area contributed by atoms with Gasteiger partial charge in [0.05, 0.1) is 5.41 Å². The van der Waals surface area contributed by atoms with Gasteiger partial charge in [0.1, 0.15) is 0 Å². The van der Waals surface area contributed by atoms with Crippen molar-refractivity contribution in [3.8, 4) is 0 Å². The van der Waals surface area contributed by atoms with E-state index in [-0.39, 0.29) is 17.4 Å². The number of aryl methyl sites for hydroxylation is 1. The Morgan fingerprint density at radius 1 is 1.47 bits per heavy atom. The topological polar surface area (TPSA) is 46.3 Å². The molecule has 2 rings (SSSR count). The van der Waals surface area contributed by atoms with Gasteiger partial charge in [0.15, 0.2) is 0 Å². The molecule has 2 N–H and O–H groups in total. The van der Waals surface area contributed by atoms with Crippen LogP contribution in [0, 0.1) is 12.3 Å². The van der Waals surface area contributed by atoms with Crippen LogP contribution in [0.5, 0.6) is 0 Å². The molecular weight excluding hydrogens is 236 g/mol. The standard InChI is InChI=1S/C16H24N2O/c1-12-7-4-5-8-13(12)11-18(3)15(19)16(2)10-6-9-14(16)17/h4-5,7-8,14H,6,9-11,17H2,1-3H3. The molecule has 0 spiro atoms. The monoisotopic (exact) mass is 260 g/mol. The molecule has 1 saturated carbocycles. The van der Waals surface area contributed by atoms with Crippen LogP contribution in [0.1, 0.15) is 37.3 Å². The molecule has 19 heavy (non-hydrogen) atoms. The molecule has 1 amide bonds. The average Bonchev–Trinajstić information content (AvgIpc) is 2.72. The van der Waals surface area contributed by atoms with Crippen molar-refractivity contribution >= 4 is 5.91 Å². The fourth-order valence-corrected chi connectivity index (χ4v) is 3.01. The maximum absolute atomic E-state index is 12.6. The fraction of sp³-hybridized carbons (Fsp3) is 0.562. The Hall–Kier alpha value is -1.35. The van der Waals surface area contributed by atoms with Crippen LogP contribution in [0.4, 0.5) is 0 Å². The highest BCUT2D eigenvalue weighted by Gasteiger charge is 2.44. The zero-order chi connectivity index (χ0) is 14.0. The number of hydrogen-bond acceptors (Lipinski definition) is 2. The Balaban J connectivity index is 2.10. The summed E-state index contributed by atoms with van der Waals surface area (Å²) in [5, 5.41) is 0. The van der Waals surface area contributed by atoms with E-state index in [9.17, 15) is 4.79 Å². The van der Waals surface area contributed by atoms with Gasteiger partial charge in [-0.1, -0.05) is 30.7 Å². The zero-order valence-corrected chi connectivity index (χ0v) is 12.1. The van der Waals surface area contributed by atoms with E-state index in [1.54, 1.807) is 0 Å². The van der Waals surface area contributed by atoms with Crippen LogP contribution < -0.4 is 5.73 Å². The predicted octanol–water partition coefficient (Wildman–Crippen LogP) is 2.47. The predicted molar refractivity (Wildman–Crippen MR) is 77.6 cm³/mol. The fourth-order valence-electron chi connectivity index (χ4n) is 3.01. The summed E-state index contributed by atoms with van der Waals surface area (Å²) in [5.74, 6) is 0.181. The van der Waals surface area contributed by atoms with E-state index in [0.717, 1.165) is 19.3 Å².